The quantitative estimate of drug-likeness (QED) is 0.730. The van der Waals surface area contributed by atoms with Crippen molar-refractivity contribution in [1.82, 2.24) is 10.2 Å². The Morgan fingerprint density at radius 2 is 2.29 bits per heavy atom. The molecule has 0 radical (unpaired) electrons. The van der Waals surface area contributed by atoms with Crippen LogP contribution in [0.2, 0.25) is 0 Å². The molecule has 2 rings (SSSR count). The third-order valence-electron chi connectivity index (χ3n) is 3.16. The number of nitrogens with zero attached hydrogens (tertiary/aromatic N) is 1. The third kappa shape index (κ3) is 2.64. The van der Waals surface area contributed by atoms with Gasteiger partial charge in [-0.25, -0.2) is 8.78 Å². The molecule has 1 atom stereocenters. The summed E-state index contributed by atoms with van der Waals surface area (Å²) >= 11 is 0. The minimum Gasteiger partial charge on any atom is -0.316 e. The van der Waals surface area contributed by atoms with E-state index in [9.17, 15) is 8.78 Å². The molecule has 0 amide bonds. The van der Waals surface area contributed by atoms with Crippen molar-refractivity contribution in [1.29, 1.82) is 0 Å². The molecule has 1 unspecified atom stereocenters. The van der Waals surface area contributed by atoms with Crippen LogP contribution in [0, 0.1) is 5.92 Å². The number of likely N-dealkylation sites (tertiary alicyclic amines) is 1. The van der Waals surface area contributed by atoms with Gasteiger partial charge in [-0.15, -0.1) is 0 Å². The number of alkyl halides is 2. The van der Waals surface area contributed by atoms with E-state index in [0.717, 1.165) is 19.6 Å². The van der Waals surface area contributed by atoms with Crippen LogP contribution in [0.5, 0.6) is 0 Å². The molecule has 0 aromatic carbocycles. The minimum atomic E-state index is -2.43. The van der Waals surface area contributed by atoms with E-state index in [1.807, 2.05) is 4.90 Å². The van der Waals surface area contributed by atoms with Crippen LogP contribution in [0.4, 0.5) is 8.78 Å². The maximum Gasteiger partial charge on any atom is 0.261 e. The Morgan fingerprint density at radius 1 is 1.43 bits per heavy atom. The second kappa shape index (κ2) is 4.11. The predicted octanol–water partition coefficient (Wildman–Crippen LogP) is 1.33. The topological polar surface area (TPSA) is 15.3 Å². The lowest BCUT2D eigenvalue weighted by Crippen LogP contribution is -2.38. The summed E-state index contributed by atoms with van der Waals surface area (Å²) in [5.74, 6) is -1.85. The molecule has 0 aliphatic carbocycles. The van der Waals surface area contributed by atoms with Crippen LogP contribution in [-0.2, 0) is 0 Å². The highest BCUT2D eigenvalue weighted by atomic mass is 19.3. The number of hydrogen-bond donors (Lipinski definition) is 1. The van der Waals surface area contributed by atoms with Crippen molar-refractivity contribution in [3.8, 4) is 0 Å². The van der Waals surface area contributed by atoms with Crippen LogP contribution >= 0.6 is 0 Å². The maximum absolute atomic E-state index is 12.9. The number of piperidine rings is 1. The van der Waals surface area contributed by atoms with Crippen LogP contribution in [-0.4, -0.2) is 43.5 Å². The van der Waals surface area contributed by atoms with Gasteiger partial charge in [-0.1, -0.05) is 0 Å². The van der Waals surface area contributed by atoms with Gasteiger partial charge < -0.3 is 5.32 Å². The lowest BCUT2D eigenvalue weighted by atomic mass is 9.99. The number of halogens is 2. The van der Waals surface area contributed by atoms with Crippen LogP contribution < -0.4 is 5.32 Å². The van der Waals surface area contributed by atoms with Crippen molar-refractivity contribution in [3.05, 3.63) is 0 Å². The average Bonchev–Trinajstić information content (AvgIpc) is 2.47. The van der Waals surface area contributed by atoms with E-state index in [4.69, 9.17) is 0 Å². The van der Waals surface area contributed by atoms with Gasteiger partial charge in [-0.2, -0.15) is 0 Å². The van der Waals surface area contributed by atoms with Gasteiger partial charge in [0.15, 0.2) is 0 Å². The van der Waals surface area contributed by atoms with E-state index < -0.39 is 5.92 Å². The average molecular weight is 204 g/mol. The monoisotopic (exact) mass is 204 g/mol. The molecular formula is C10H18F2N2. The normalized spacial score (nSPS) is 33.4. The molecule has 2 fully saturated rings. The lowest BCUT2D eigenvalue weighted by molar-refractivity contribution is 0.0105. The van der Waals surface area contributed by atoms with E-state index in [1.54, 1.807) is 0 Å². The maximum atomic E-state index is 12.9. The second-order valence-corrected chi connectivity index (χ2v) is 4.55. The van der Waals surface area contributed by atoms with E-state index >= 15 is 0 Å². The number of rotatable bonds is 2. The SMILES string of the molecule is FC1(F)CCN(CC2CCCNC2)C1. The molecule has 2 heterocycles. The molecule has 4 heteroatoms. The molecule has 14 heavy (non-hydrogen) atoms. The lowest BCUT2D eigenvalue weighted by Gasteiger charge is -2.27. The summed E-state index contributed by atoms with van der Waals surface area (Å²) in [4.78, 5) is 1.91. The fraction of sp³-hybridized carbons (Fsp3) is 1.00. The molecule has 2 nitrogen and oxygen atoms in total. The van der Waals surface area contributed by atoms with Crippen molar-refractivity contribution < 1.29 is 8.78 Å². The van der Waals surface area contributed by atoms with Crippen LogP contribution in [0.1, 0.15) is 19.3 Å². The van der Waals surface area contributed by atoms with Gasteiger partial charge in [0, 0.05) is 19.5 Å². The first-order valence-electron chi connectivity index (χ1n) is 5.47. The number of hydrogen-bond acceptors (Lipinski definition) is 2. The van der Waals surface area contributed by atoms with Crippen molar-refractivity contribution in [3.63, 3.8) is 0 Å². The van der Waals surface area contributed by atoms with Crippen molar-refractivity contribution >= 4 is 0 Å². The molecular weight excluding hydrogens is 186 g/mol. The second-order valence-electron chi connectivity index (χ2n) is 4.55. The van der Waals surface area contributed by atoms with E-state index in [1.165, 1.54) is 12.8 Å². The van der Waals surface area contributed by atoms with Crippen molar-refractivity contribution in [2.24, 2.45) is 5.92 Å². The van der Waals surface area contributed by atoms with Gasteiger partial charge in [0.25, 0.3) is 5.92 Å². The van der Waals surface area contributed by atoms with Crippen LogP contribution in [0.3, 0.4) is 0 Å². The molecule has 2 aliphatic rings. The van der Waals surface area contributed by atoms with Gasteiger partial charge in [-0.05, 0) is 31.8 Å². The Bertz CT molecular complexity index is 191. The molecule has 2 aliphatic heterocycles. The summed E-state index contributed by atoms with van der Waals surface area (Å²) in [5.41, 5.74) is 0. The summed E-state index contributed by atoms with van der Waals surface area (Å²) in [5, 5.41) is 3.32. The van der Waals surface area contributed by atoms with Crippen molar-refractivity contribution in [2.45, 2.75) is 25.2 Å². The Balaban J connectivity index is 1.75. The third-order valence-corrected chi connectivity index (χ3v) is 3.16. The molecule has 2 saturated heterocycles. The van der Waals surface area contributed by atoms with Gasteiger partial charge in [0.2, 0.25) is 0 Å². The summed E-state index contributed by atoms with van der Waals surface area (Å²) in [6, 6.07) is 0. The zero-order valence-corrected chi connectivity index (χ0v) is 8.44. The highest BCUT2D eigenvalue weighted by molar-refractivity contribution is 4.84. The summed E-state index contributed by atoms with van der Waals surface area (Å²) in [7, 11) is 0. The summed E-state index contributed by atoms with van der Waals surface area (Å²) in [6.07, 6.45) is 2.43. The zero-order chi connectivity index (χ0) is 10.0. The fourth-order valence-corrected chi connectivity index (χ4v) is 2.41. The van der Waals surface area contributed by atoms with E-state index in [-0.39, 0.29) is 13.0 Å². The highest BCUT2D eigenvalue weighted by Gasteiger charge is 2.38. The highest BCUT2D eigenvalue weighted by Crippen LogP contribution is 2.27. The van der Waals surface area contributed by atoms with Crippen LogP contribution in [0.15, 0.2) is 0 Å². The number of nitrogens with one attached hydrogen (secondary N) is 1. The van der Waals surface area contributed by atoms with Gasteiger partial charge in [0.1, 0.15) is 0 Å². The molecule has 82 valence electrons. The Hall–Kier alpha value is -0.220. The first-order valence-corrected chi connectivity index (χ1v) is 5.47. The smallest absolute Gasteiger partial charge is 0.261 e. The first kappa shape index (κ1) is 10.3. The standard InChI is InChI=1S/C10H18F2N2/c11-10(12)3-5-14(8-10)7-9-2-1-4-13-6-9/h9,13H,1-8H2. The molecule has 0 aromatic rings. The summed E-state index contributed by atoms with van der Waals surface area (Å²) in [6.45, 7) is 3.49. The van der Waals surface area contributed by atoms with E-state index in [0.29, 0.717) is 12.5 Å². The van der Waals surface area contributed by atoms with Gasteiger partial charge in [-0.3, -0.25) is 4.90 Å². The zero-order valence-electron chi connectivity index (χ0n) is 8.44. The van der Waals surface area contributed by atoms with E-state index in [2.05, 4.69) is 5.32 Å². The molecule has 0 saturated carbocycles. The predicted molar refractivity (Wildman–Crippen MR) is 51.6 cm³/mol. The Kier molecular flexibility index (Phi) is 3.02. The molecule has 0 aromatic heterocycles. The van der Waals surface area contributed by atoms with Gasteiger partial charge in [0.05, 0.1) is 6.54 Å². The largest absolute Gasteiger partial charge is 0.316 e. The Labute approximate surface area is 83.7 Å². The Morgan fingerprint density at radius 3 is 2.86 bits per heavy atom. The fourth-order valence-electron chi connectivity index (χ4n) is 2.41. The molecule has 0 spiro atoms. The summed E-state index contributed by atoms with van der Waals surface area (Å²) < 4.78 is 25.8. The van der Waals surface area contributed by atoms with Crippen LogP contribution in [0.25, 0.3) is 0 Å². The molecule has 0 bridgehead atoms. The minimum absolute atomic E-state index is 0.0243. The van der Waals surface area contributed by atoms with Crippen molar-refractivity contribution in [2.75, 3.05) is 32.7 Å². The molecule has 1 N–H and O–H groups in total. The first-order chi connectivity index (χ1) is 6.66. The van der Waals surface area contributed by atoms with Gasteiger partial charge >= 0.3 is 0 Å².